The van der Waals surface area contributed by atoms with Crippen LogP contribution in [-0.2, 0) is 9.59 Å². The van der Waals surface area contributed by atoms with Crippen molar-refractivity contribution < 1.29 is 9.59 Å². The van der Waals surface area contributed by atoms with E-state index in [0.717, 1.165) is 11.0 Å². The van der Waals surface area contributed by atoms with Gasteiger partial charge in [-0.3, -0.25) is 9.59 Å². The van der Waals surface area contributed by atoms with Crippen molar-refractivity contribution in [2.24, 2.45) is 0 Å². The molecule has 1 aromatic carbocycles. The van der Waals surface area contributed by atoms with E-state index in [1.807, 2.05) is 18.2 Å². The molecule has 0 aromatic heterocycles. The molecule has 0 spiro atoms. The van der Waals surface area contributed by atoms with Crippen LogP contribution < -0.4 is 5.32 Å². The van der Waals surface area contributed by atoms with Gasteiger partial charge in [0.25, 0.3) is 0 Å². The molecule has 0 saturated carbocycles. The van der Waals surface area contributed by atoms with Gasteiger partial charge in [-0.25, -0.2) is 0 Å². The molecule has 2 amide bonds. The third-order valence-electron chi connectivity index (χ3n) is 2.58. The molecule has 6 heteroatoms. The van der Waals surface area contributed by atoms with Gasteiger partial charge in [-0.1, -0.05) is 29.2 Å². The summed E-state index contributed by atoms with van der Waals surface area (Å²) in [5.74, 6) is 0.225. The van der Waals surface area contributed by atoms with Crippen molar-refractivity contribution in [3.63, 3.8) is 0 Å². The van der Waals surface area contributed by atoms with E-state index in [-0.39, 0.29) is 11.8 Å². The topological polar surface area (TPSA) is 49.4 Å². The Kier molecular flexibility index (Phi) is 7.18. The van der Waals surface area contributed by atoms with Crippen molar-refractivity contribution >= 4 is 39.2 Å². The molecule has 0 radical (unpaired) electrons. The predicted octanol–water partition coefficient (Wildman–Crippen LogP) is 3.26. The molecule has 108 valence electrons. The van der Waals surface area contributed by atoms with Gasteiger partial charge in [0.2, 0.25) is 11.8 Å². The van der Waals surface area contributed by atoms with Crippen molar-refractivity contribution in [2.75, 3.05) is 17.6 Å². The van der Waals surface area contributed by atoms with Crippen LogP contribution in [0.15, 0.2) is 42.1 Å². The second-order valence-electron chi connectivity index (χ2n) is 4.12. The summed E-state index contributed by atoms with van der Waals surface area (Å²) < 4.78 is 0. The largest absolute Gasteiger partial charge is 0.322 e. The van der Waals surface area contributed by atoms with Crippen LogP contribution in [0.2, 0.25) is 0 Å². The molecule has 0 atom stereocenters. The highest BCUT2D eigenvalue weighted by atomic mass is 35.7. The maximum absolute atomic E-state index is 11.9. The number of benzene rings is 1. The van der Waals surface area contributed by atoms with Crippen LogP contribution in [0.3, 0.4) is 0 Å². The van der Waals surface area contributed by atoms with Gasteiger partial charge in [0, 0.05) is 36.7 Å². The Balaban J connectivity index is 2.70. The number of halogens is 1. The minimum atomic E-state index is -0.265. The van der Waals surface area contributed by atoms with Gasteiger partial charge >= 0.3 is 0 Å². The van der Waals surface area contributed by atoms with Crippen LogP contribution in [-0.4, -0.2) is 29.0 Å². The lowest BCUT2D eigenvalue weighted by atomic mass is 10.3. The summed E-state index contributed by atoms with van der Waals surface area (Å²) in [6.07, 6.45) is 1.41. The summed E-state index contributed by atoms with van der Waals surface area (Å²) in [6, 6.07) is 9.15. The zero-order valence-corrected chi connectivity index (χ0v) is 13.0. The third-order valence-corrected chi connectivity index (χ3v) is 3.38. The van der Waals surface area contributed by atoms with Gasteiger partial charge in [0.05, 0.1) is 0 Å². The summed E-state index contributed by atoms with van der Waals surface area (Å²) in [5, 5.41) is 2.74. The minimum absolute atomic E-state index is 0.114. The highest BCUT2D eigenvalue weighted by Gasteiger charge is 2.11. The fourth-order valence-electron chi connectivity index (χ4n) is 1.68. The lowest BCUT2D eigenvalue weighted by molar-refractivity contribution is -0.126. The molecule has 4 nitrogen and oxygen atoms in total. The molecular weight excluding hydrogens is 296 g/mol. The number of hydrogen-bond acceptors (Lipinski definition) is 3. The molecule has 1 rings (SSSR count). The molecule has 0 fully saturated rings. The van der Waals surface area contributed by atoms with Crippen LogP contribution in [0.25, 0.3) is 0 Å². The number of allylic oxidation sites excluding steroid dienone is 1. The third kappa shape index (κ3) is 5.67. The molecule has 20 heavy (non-hydrogen) atoms. The Morgan fingerprint density at radius 3 is 2.50 bits per heavy atom. The van der Waals surface area contributed by atoms with Gasteiger partial charge < -0.3 is 10.2 Å². The van der Waals surface area contributed by atoms with E-state index in [1.165, 1.54) is 17.9 Å². The highest BCUT2D eigenvalue weighted by Crippen LogP contribution is 2.11. The molecule has 0 aliphatic carbocycles. The maximum atomic E-state index is 11.9. The van der Waals surface area contributed by atoms with Gasteiger partial charge in [0.15, 0.2) is 0 Å². The van der Waals surface area contributed by atoms with E-state index in [2.05, 4.69) is 5.32 Å². The van der Waals surface area contributed by atoms with Gasteiger partial charge in [0.1, 0.15) is 0 Å². The standard InChI is InChI=1S/C14H17ClN2O2S/c1-11(17(12(2)18)8-9-20-15)10-14(19)16-13-6-4-3-5-7-13/h3-7,10H,8-9H2,1-2H3,(H,16,19)/b11-10+. The lowest BCUT2D eigenvalue weighted by Gasteiger charge is -2.20. The lowest BCUT2D eigenvalue weighted by Crippen LogP contribution is -2.30. The van der Waals surface area contributed by atoms with E-state index in [4.69, 9.17) is 10.7 Å². The second-order valence-corrected chi connectivity index (χ2v) is 5.41. The number of para-hydroxylation sites is 1. The quantitative estimate of drug-likeness (QED) is 0.820. The number of nitrogens with zero attached hydrogens (tertiary/aromatic N) is 1. The molecule has 1 N–H and O–H groups in total. The fourth-order valence-corrected chi connectivity index (χ4v) is 2.13. The zero-order valence-electron chi connectivity index (χ0n) is 11.4. The van der Waals surface area contributed by atoms with Crippen molar-refractivity contribution in [3.8, 4) is 0 Å². The Morgan fingerprint density at radius 2 is 1.95 bits per heavy atom. The predicted molar refractivity (Wildman–Crippen MR) is 84.5 cm³/mol. The summed E-state index contributed by atoms with van der Waals surface area (Å²) in [5.41, 5.74) is 1.31. The molecule has 0 bridgehead atoms. The molecule has 0 saturated heterocycles. The number of rotatable bonds is 6. The minimum Gasteiger partial charge on any atom is -0.322 e. The van der Waals surface area contributed by atoms with Crippen LogP contribution >= 0.6 is 21.7 Å². The second kappa shape index (κ2) is 8.66. The van der Waals surface area contributed by atoms with E-state index in [1.54, 1.807) is 19.1 Å². The van der Waals surface area contributed by atoms with Gasteiger partial charge in [-0.2, -0.15) is 0 Å². The normalized spacial score (nSPS) is 11.1. The van der Waals surface area contributed by atoms with Crippen LogP contribution in [0.5, 0.6) is 0 Å². The van der Waals surface area contributed by atoms with Crippen molar-refractivity contribution in [1.29, 1.82) is 0 Å². The van der Waals surface area contributed by atoms with Gasteiger partial charge in [-0.15, -0.1) is 0 Å². The number of hydrogen-bond donors (Lipinski definition) is 1. The van der Waals surface area contributed by atoms with Crippen LogP contribution in [0, 0.1) is 0 Å². The Labute approximate surface area is 127 Å². The first-order chi connectivity index (χ1) is 9.54. The van der Waals surface area contributed by atoms with Gasteiger partial charge in [-0.05, 0) is 29.7 Å². The smallest absolute Gasteiger partial charge is 0.250 e. The summed E-state index contributed by atoms with van der Waals surface area (Å²) in [4.78, 5) is 24.9. The molecule has 1 aromatic rings. The molecule has 0 aliphatic rings. The maximum Gasteiger partial charge on any atom is 0.250 e. The number of amides is 2. The van der Waals surface area contributed by atoms with Crippen LogP contribution in [0.4, 0.5) is 5.69 Å². The van der Waals surface area contributed by atoms with Crippen molar-refractivity contribution in [1.82, 2.24) is 4.90 Å². The van der Waals surface area contributed by atoms with E-state index < -0.39 is 0 Å². The summed E-state index contributed by atoms with van der Waals surface area (Å²) in [7, 11) is 6.68. The molecule has 0 heterocycles. The van der Waals surface area contributed by atoms with Crippen molar-refractivity contribution in [3.05, 3.63) is 42.1 Å². The van der Waals surface area contributed by atoms with Crippen LogP contribution in [0.1, 0.15) is 13.8 Å². The average molecular weight is 313 g/mol. The SMILES string of the molecule is CC(=O)N(CCSCl)/C(C)=C/C(=O)Nc1ccccc1. The number of carbonyl (C=O) groups is 2. The molecule has 0 aliphatic heterocycles. The first-order valence-electron chi connectivity index (χ1n) is 6.10. The van der Waals surface area contributed by atoms with Crippen molar-refractivity contribution in [2.45, 2.75) is 13.8 Å². The molecular formula is C14H17ClN2O2S. The number of anilines is 1. The summed E-state index contributed by atoms with van der Waals surface area (Å²) in [6.45, 7) is 3.67. The average Bonchev–Trinajstić information content (AvgIpc) is 2.39. The number of carbonyl (C=O) groups excluding carboxylic acids is 2. The highest BCUT2D eigenvalue weighted by molar-refractivity contribution is 8.21. The van der Waals surface area contributed by atoms with E-state index in [0.29, 0.717) is 23.7 Å². The Morgan fingerprint density at radius 1 is 1.30 bits per heavy atom. The fraction of sp³-hybridized carbons (Fsp3) is 0.286. The Bertz CT molecular complexity index is 491. The first kappa shape index (κ1) is 16.6. The first-order valence-corrected chi connectivity index (χ1v) is 7.91. The Hall–Kier alpha value is -1.46. The summed E-state index contributed by atoms with van der Waals surface area (Å²) >= 11 is 0. The molecule has 0 unspecified atom stereocenters. The zero-order chi connectivity index (χ0) is 15.0. The van der Waals surface area contributed by atoms with E-state index in [9.17, 15) is 9.59 Å². The number of nitrogens with one attached hydrogen (secondary N) is 1. The van der Waals surface area contributed by atoms with E-state index >= 15 is 0 Å². The monoisotopic (exact) mass is 312 g/mol.